The Morgan fingerprint density at radius 3 is 2.18 bits per heavy atom. The molecule has 1 aromatic heterocycles. The van der Waals surface area contributed by atoms with Crippen LogP contribution in [0.2, 0.25) is 15.1 Å². The van der Waals surface area contributed by atoms with Crippen molar-refractivity contribution >= 4 is 51.7 Å². The van der Waals surface area contributed by atoms with Crippen molar-refractivity contribution in [2.24, 2.45) is 0 Å². The molecule has 0 radical (unpaired) electrons. The van der Waals surface area contributed by atoms with Gasteiger partial charge in [0, 0.05) is 16.1 Å². The van der Waals surface area contributed by atoms with Crippen LogP contribution in [0.15, 0.2) is 69.9 Å². The standard InChI is InChI=1S/C23H10Cl3F3O4/c24-12-3-1-11(2-4-12)19-20(30)16-8-6-14(10-18(16)33-21(19)23(27,28)29)32-22(31)15-7-5-13(25)9-17(15)26/h1-10H. The number of hydrogen-bond donors (Lipinski definition) is 0. The smallest absolute Gasteiger partial charge is 0.450 e. The summed E-state index contributed by atoms with van der Waals surface area (Å²) >= 11 is 17.6. The van der Waals surface area contributed by atoms with Crippen LogP contribution in [0.4, 0.5) is 13.2 Å². The number of carbonyl (C=O) groups is 1. The Morgan fingerprint density at radius 1 is 0.879 bits per heavy atom. The molecule has 4 rings (SSSR count). The molecule has 0 unspecified atom stereocenters. The molecule has 168 valence electrons. The maximum absolute atomic E-state index is 13.8. The van der Waals surface area contributed by atoms with Crippen LogP contribution in [-0.4, -0.2) is 5.97 Å². The Bertz CT molecular complexity index is 1440. The van der Waals surface area contributed by atoms with Crippen LogP contribution in [0, 0.1) is 0 Å². The summed E-state index contributed by atoms with van der Waals surface area (Å²) in [4.78, 5) is 25.4. The molecule has 10 heteroatoms. The second kappa shape index (κ2) is 8.74. The zero-order valence-corrected chi connectivity index (χ0v) is 18.4. The molecule has 0 fully saturated rings. The third-order valence-corrected chi connectivity index (χ3v) is 5.42. The van der Waals surface area contributed by atoms with E-state index in [-0.39, 0.29) is 27.3 Å². The first-order chi connectivity index (χ1) is 15.5. The van der Waals surface area contributed by atoms with E-state index in [9.17, 15) is 22.8 Å². The Kier molecular flexibility index (Phi) is 6.14. The first kappa shape index (κ1) is 23.2. The molecular formula is C23H10Cl3F3O4. The largest absolute Gasteiger partial charge is 0.450 e. The number of ether oxygens (including phenoxy) is 1. The Balaban J connectivity index is 1.81. The van der Waals surface area contributed by atoms with Gasteiger partial charge in [-0.25, -0.2) is 4.79 Å². The fourth-order valence-electron chi connectivity index (χ4n) is 3.13. The number of alkyl halides is 3. The van der Waals surface area contributed by atoms with Crippen molar-refractivity contribution < 1.29 is 27.1 Å². The van der Waals surface area contributed by atoms with Crippen LogP contribution < -0.4 is 10.2 Å². The predicted octanol–water partition coefficient (Wildman–Crippen LogP) is 7.66. The SMILES string of the molecule is O=C(Oc1ccc2c(=O)c(-c3ccc(Cl)cc3)c(C(F)(F)F)oc2c1)c1ccc(Cl)cc1Cl. The average Bonchev–Trinajstić information content (AvgIpc) is 2.73. The second-order valence-corrected chi connectivity index (χ2v) is 8.09. The van der Waals surface area contributed by atoms with Gasteiger partial charge in [-0.3, -0.25) is 4.79 Å². The van der Waals surface area contributed by atoms with Gasteiger partial charge in [-0.15, -0.1) is 0 Å². The summed E-state index contributed by atoms with van der Waals surface area (Å²) in [5, 5.41) is 0.508. The predicted molar refractivity (Wildman–Crippen MR) is 119 cm³/mol. The molecule has 0 saturated heterocycles. The third kappa shape index (κ3) is 4.71. The Morgan fingerprint density at radius 2 is 1.55 bits per heavy atom. The molecule has 0 aliphatic heterocycles. The number of esters is 1. The molecule has 0 amide bonds. The minimum atomic E-state index is -4.97. The normalized spacial score (nSPS) is 11.6. The summed E-state index contributed by atoms with van der Waals surface area (Å²) < 4.78 is 51.6. The molecule has 0 saturated carbocycles. The molecule has 4 aromatic rings. The number of carbonyl (C=O) groups excluding carboxylic acids is 1. The highest BCUT2D eigenvalue weighted by atomic mass is 35.5. The molecule has 0 aliphatic rings. The van der Waals surface area contributed by atoms with Gasteiger partial charge >= 0.3 is 12.1 Å². The van der Waals surface area contributed by atoms with E-state index in [1.54, 1.807) is 0 Å². The number of benzene rings is 3. The minimum Gasteiger partial charge on any atom is -0.450 e. The van der Waals surface area contributed by atoms with Gasteiger partial charge in [-0.1, -0.05) is 46.9 Å². The first-order valence-corrected chi connectivity index (χ1v) is 10.3. The van der Waals surface area contributed by atoms with Crippen LogP contribution in [0.25, 0.3) is 22.1 Å². The van der Waals surface area contributed by atoms with Crippen molar-refractivity contribution in [3.05, 3.63) is 97.3 Å². The summed E-state index contributed by atoms with van der Waals surface area (Å²) in [5.41, 5.74) is -1.96. The van der Waals surface area contributed by atoms with E-state index in [0.717, 1.165) is 6.07 Å². The molecule has 33 heavy (non-hydrogen) atoms. The van der Waals surface area contributed by atoms with Crippen LogP contribution in [0.3, 0.4) is 0 Å². The summed E-state index contributed by atoms with van der Waals surface area (Å²) in [6.45, 7) is 0. The fraction of sp³-hybridized carbons (Fsp3) is 0.0435. The Hall–Kier alpha value is -3.00. The van der Waals surface area contributed by atoms with Gasteiger partial charge in [0.2, 0.25) is 11.2 Å². The summed E-state index contributed by atoms with van der Waals surface area (Å²) in [6, 6.07) is 12.9. The summed E-state index contributed by atoms with van der Waals surface area (Å²) in [6.07, 6.45) is -4.97. The number of hydrogen-bond acceptors (Lipinski definition) is 4. The molecular weight excluding hydrogens is 504 g/mol. The van der Waals surface area contributed by atoms with Gasteiger partial charge in [0.25, 0.3) is 0 Å². The van der Waals surface area contributed by atoms with Crippen molar-refractivity contribution in [1.29, 1.82) is 0 Å². The third-order valence-electron chi connectivity index (χ3n) is 4.62. The highest BCUT2D eigenvalue weighted by molar-refractivity contribution is 6.36. The average molecular weight is 514 g/mol. The van der Waals surface area contributed by atoms with Gasteiger partial charge in [0.15, 0.2) is 0 Å². The van der Waals surface area contributed by atoms with Gasteiger partial charge in [-0.2, -0.15) is 13.2 Å². The highest BCUT2D eigenvalue weighted by Gasteiger charge is 2.39. The lowest BCUT2D eigenvalue weighted by atomic mass is 10.0. The topological polar surface area (TPSA) is 56.5 Å². The lowest BCUT2D eigenvalue weighted by Gasteiger charge is -2.13. The van der Waals surface area contributed by atoms with Crippen molar-refractivity contribution in [3.63, 3.8) is 0 Å². The van der Waals surface area contributed by atoms with E-state index < -0.39 is 34.5 Å². The quantitative estimate of drug-likeness (QED) is 0.208. The maximum atomic E-state index is 13.8. The minimum absolute atomic E-state index is 0.00307. The molecule has 0 aliphatic carbocycles. The first-order valence-electron chi connectivity index (χ1n) is 9.16. The van der Waals surface area contributed by atoms with Gasteiger partial charge in [0.05, 0.1) is 21.5 Å². The zero-order chi connectivity index (χ0) is 23.9. The molecule has 1 heterocycles. The lowest BCUT2D eigenvalue weighted by molar-refractivity contribution is -0.152. The molecule has 3 aromatic carbocycles. The maximum Gasteiger partial charge on any atom is 0.450 e. The monoisotopic (exact) mass is 512 g/mol. The van der Waals surface area contributed by atoms with E-state index in [1.807, 2.05) is 0 Å². The second-order valence-electron chi connectivity index (χ2n) is 6.81. The van der Waals surface area contributed by atoms with Crippen LogP contribution in [-0.2, 0) is 6.18 Å². The van der Waals surface area contributed by atoms with Gasteiger partial charge in [0.1, 0.15) is 11.3 Å². The summed E-state index contributed by atoms with van der Waals surface area (Å²) in [5.74, 6) is -2.49. The van der Waals surface area contributed by atoms with E-state index in [4.69, 9.17) is 44.0 Å². The van der Waals surface area contributed by atoms with Crippen LogP contribution in [0.1, 0.15) is 16.1 Å². The Labute approximate surface area is 199 Å². The van der Waals surface area contributed by atoms with E-state index in [1.165, 1.54) is 54.6 Å². The summed E-state index contributed by atoms with van der Waals surface area (Å²) in [7, 11) is 0. The number of fused-ring (bicyclic) bond motifs is 1. The molecule has 0 spiro atoms. The van der Waals surface area contributed by atoms with Gasteiger partial charge in [-0.05, 0) is 48.0 Å². The number of halogens is 6. The molecule has 0 bridgehead atoms. The van der Waals surface area contributed by atoms with E-state index >= 15 is 0 Å². The van der Waals surface area contributed by atoms with E-state index in [0.29, 0.717) is 10.0 Å². The molecule has 0 N–H and O–H groups in total. The highest BCUT2D eigenvalue weighted by Crippen LogP contribution is 2.38. The zero-order valence-electron chi connectivity index (χ0n) is 16.2. The fourth-order valence-corrected chi connectivity index (χ4v) is 3.74. The lowest BCUT2D eigenvalue weighted by Crippen LogP contribution is -2.16. The van der Waals surface area contributed by atoms with Crippen molar-refractivity contribution in [3.8, 4) is 16.9 Å². The number of rotatable bonds is 3. The van der Waals surface area contributed by atoms with Crippen molar-refractivity contribution in [2.45, 2.75) is 6.18 Å². The van der Waals surface area contributed by atoms with Crippen LogP contribution in [0.5, 0.6) is 5.75 Å². The van der Waals surface area contributed by atoms with Crippen molar-refractivity contribution in [2.75, 3.05) is 0 Å². The molecule has 0 atom stereocenters. The molecule has 4 nitrogen and oxygen atoms in total. The van der Waals surface area contributed by atoms with Crippen LogP contribution >= 0.6 is 34.8 Å². The van der Waals surface area contributed by atoms with Crippen molar-refractivity contribution in [1.82, 2.24) is 0 Å². The van der Waals surface area contributed by atoms with E-state index in [2.05, 4.69) is 0 Å². The van der Waals surface area contributed by atoms with Gasteiger partial charge < -0.3 is 9.15 Å².